The number of halogens is 1. The molecule has 1 aromatic carbocycles. The number of hydrogen-bond acceptors (Lipinski definition) is 3. The molecule has 0 aliphatic carbocycles. The van der Waals surface area contributed by atoms with Crippen molar-refractivity contribution in [2.75, 3.05) is 20.2 Å². The average molecular weight is 280 g/mol. The molecule has 1 heterocycles. The molecule has 1 aromatic rings. The standard InChI is InChI=1S/C16H25FN2O/c1-16(2,19-8-4-5-9-19)15(18)11-12-6-7-14(20-3)13(17)10-12/h6-7,10,15H,4-5,8-9,11,18H2,1-3H3. The van der Waals surface area contributed by atoms with Crippen LogP contribution in [0.3, 0.4) is 0 Å². The molecule has 1 fully saturated rings. The van der Waals surface area contributed by atoms with Gasteiger partial charge in [-0.2, -0.15) is 0 Å². The van der Waals surface area contributed by atoms with Gasteiger partial charge in [-0.25, -0.2) is 4.39 Å². The van der Waals surface area contributed by atoms with Crippen molar-refractivity contribution in [2.45, 2.75) is 44.7 Å². The van der Waals surface area contributed by atoms with Crippen molar-refractivity contribution < 1.29 is 9.13 Å². The third kappa shape index (κ3) is 3.13. The molecule has 3 nitrogen and oxygen atoms in total. The number of ether oxygens (including phenoxy) is 1. The zero-order valence-electron chi connectivity index (χ0n) is 12.7. The number of hydrogen-bond donors (Lipinski definition) is 1. The van der Waals surface area contributed by atoms with E-state index >= 15 is 0 Å². The van der Waals surface area contributed by atoms with E-state index in [2.05, 4.69) is 18.7 Å². The minimum absolute atomic E-state index is 0.0200. The average Bonchev–Trinajstić information content (AvgIpc) is 2.93. The fourth-order valence-corrected chi connectivity index (χ4v) is 2.87. The zero-order chi connectivity index (χ0) is 14.8. The maximum atomic E-state index is 13.7. The molecule has 1 aliphatic rings. The van der Waals surface area contributed by atoms with Gasteiger partial charge in [0.2, 0.25) is 0 Å². The van der Waals surface area contributed by atoms with Crippen LogP contribution in [0, 0.1) is 5.82 Å². The van der Waals surface area contributed by atoms with E-state index in [0.717, 1.165) is 18.7 Å². The van der Waals surface area contributed by atoms with Crippen molar-refractivity contribution in [2.24, 2.45) is 5.73 Å². The first-order valence-corrected chi connectivity index (χ1v) is 7.28. The topological polar surface area (TPSA) is 38.5 Å². The molecule has 0 bridgehead atoms. The molecule has 1 atom stereocenters. The minimum Gasteiger partial charge on any atom is -0.494 e. The van der Waals surface area contributed by atoms with Crippen molar-refractivity contribution >= 4 is 0 Å². The van der Waals surface area contributed by atoms with Gasteiger partial charge in [-0.15, -0.1) is 0 Å². The number of rotatable bonds is 5. The minimum atomic E-state index is -0.323. The largest absolute Gasteiger partial charge is 0.494 e. The molecule has 1 aliphatic heterocycles. The van der Waals surface area contributed by atoms with Crippen LogP contribution < -0.4 is 10.5 Å². The van der Waals surface area contributed by atoms with Crippen LogP contribution in [0.1, 0.15) is 32.3 Å². The summed E-state index contributed by atoms with van der Waals surface area (Å²) in [5, 5.41) is 0. The van der Waals surface area contributed by atoms with E-state index in [0.29, 0.717) is 6.42 Å². The summed E-state index contributed by atoms with van der Waals surface area (Å²) >= 11 is 0. The maximum absolute atomic E-state index is 13.7. The first-order valence-electron chi connectivity index (χ1n) is 7.28. The van der Waals surface area contributed by atoms with Gasteiger partial charge in [0.05, 0.1) is 7.11 Å². The van der Waals surface area contributed by atoms with E-state index in [1.54, 1.807) is 6.07 Å². The Bertz CT molecular complexity index is 456. The second-order valence-electron chi connectivity index (χ2n) is 6.13. The summed E-state index contributed by atoms with van der Waals surface area (Å²) in [5.74, 6) is -0.0442. The van der Waals surface area contributed by atoms with Crippen LogP contribution in [0.15, 0.2) is 18.2 Å². The van der Waals surface area contributed by atoms with Crippen LogP contribution in [-0.2, 0) is 6.42 Å². The van der Waals surface area contributed by atoms with Crippen molar-refractivity contribution in [1.82, 2.24) is 4.90 Å². The summed E-state index contributed by atoms with van der Waals surface area (Å²) in [4.78, 5) is 2.44. The lowest BCUT2D eigenvalue weighted by molar-refractivity contribution is 0.123. The Labute approximate surface area is 120 Å². The van der Waals surface area contributed by atoms with Gasteiger partial charge in [0, 0.05) is 11.6 Å². The van der Waals surface area contributed by atoms with Crippen LogP contribution in [0.25, 0.3) is 0 Å². The van der Waals surface area contributed by atoms with E-state index in [1.807, 2.05) is 6.07 Å². The Kier molecular flexibility index (Phi) is 4.66. The van der Waals surface area contributed by atoms with Gasteiger partial charge in [0.15, 0.2) is 11.6 Å². The van der Waals surface area contributed by atoms with Gasteiger partial charge in [-0.1, -0.05) is 6.07 Å². The molecule has 1 unspecified atom stereocenters. The van der Waals surface area contributed by atoms with E-state index in [1.165, 1.54) is 26.0 Å². The lowest BCUT2D eigenvalue weighted by atomic mass is 9.88. The van der Waals surface area contributed by atoms with Crippen molar-refractivity contribution in [3.05, 3.63) is 29.6 Å². The molecule has 0 aromatic heterocycles. The van der Waals surface area contributed by atoms with Gasteiger partial charge in [-0.05, 0) is 63.9 Å². The quantitative estimate of drug-likeness (QED) is 0.901. The summed E-state index contributed by atoms with van der Waals surface area (Å²) < 4.78 is 18.7. The van der Waals surface area contributed by atoms with Crippen molar-refractivity contribution in [3.8, 4) is 5.75 Å². The molecule has 0 saturated carbocycles. The number of likely N-dealkylation sites (tertiary alicyclic amines) is 1. The third-order valence-electron chi connectivity index (χ3n) is 4.50. The number of methoxy groups -OCH3 is 1. The molecule has 2 rings (SSSR count). The third-order valence-corrected chi connectivity index (χ3v) is 4.50. The van der Waals surface area contributed by atoms with Gasteiger partial charge >= 0.3 is 0 Å². The molecule has 20 heavy (non-hydrogen) atoms. The number of benzene rings is 1. The summed E-state index contributed by atoms with van der Waals surface area (Å²) in [6.45, 7) is 6.58. The normalized spacial score (nSPS) is 18.2. The van der Waals surface area contributed by atoms with Crippen LogP contribution in [0.5, 0.6) is 5.75 Å². The molecule has 0 spiro atoms. The Balaban J connectivity index is 2.06. The Morgan fingerprint density at radius 3 is 2.55 bits per heavy atom. The van der Waals surface area contributed by atoms with Crippen molar-refractivity contribution in [3.63, 3.8) is 0 Å². The summed E-state index contributed by atoms with van der Waals surface area (Å²) in [7, 11) is 1.47. The lowest BCUT2D eigenvalue weighted by Crippen LogP contribution is -2.55. The van der Waals surface area contributed by atoms with E-state index in [-0.39, 0.29) is 23.1 Å². The lowest BCUT2D eigenvalue weighted by Gasteiger charge is -2.40. The van der Waals surface area contributed by atoms with Gasteiger partial charge in [0.1, 0.15) is 0 Å². The maximum Gasteiger partial charge on any atom is 0.165 e. The highest BCUT2D eigenvalue weighted by atomic mass is 19.1. The summed E-state index contributed by atoms with van der Waals surface area (Å²) in [6, 6.07) is 5.06. The van der Waals surface area contributed by atoms with Crippen LogP contribution in [0.2, 0.25) is 0 Å². The van der Waals surface area contributed by atoms with Gasteiger partial charge in [0.25, 0.3) is 0 Å². The van der Waals surface area contributed by atoms with E-state index in [9.17, 15) is 4.39 Å². The highest BCUT2D eigenvalue weighted by molar-refractivity contribution is 5.30. The Morgan fingerprint density at radius 1 is 1.35 bits per heavy atom. The van der Waals surface area contributed by atoms with E-state index < -0.39 is 0 Å². The first kappa shape index (κ1) is 15.3. The second-order valence-corrected chi connectivity index (χ2v) is 6.13. The molecular formula is C16H25FN2O. The molecule has 0 radical (unpaired) electrons. The van der Waals surface area contributed by atoms with Crippen LogP contribution in [-0.4, -0.2) is 36.7 Å². The molecule has 1 saturated heterocycles. The first-order chi connectivity index (χ1) is 9.45. The number of nitrogens with zero attached hydrogens (tertiary/aromatic N) is 1. The fraction of sp³-hybridized carbons (Fsp3) is 0.625. The molecular weight excluding hydrogens is 255 g/mol. The molecule has 0 amide bonds. The highest BCUT2D eigenvalue weighted by Gasteiger charge is 2.34. The number of nitrogens with two attached hydrogens (primary N) is 1. The fourth-order valence-electron chi connectivity index (χ4n) is 2.87. The van der Waals surface area contributed by atoms with E-state index in [4.69, 9.17) is 10.5 Å². The predicted molar refractivity (Wildman–Crippen MR) is 79.5 cm³/mol. The SMILES string of the molecule is COc1ccc(CC(N)C(C)(C)N2CCCC2)cc1F. The Morgan fingerprint density at radius 2 is 2.00 bits per heavy atom. The van der Waals surface area contributed by atoms with Gasteiger partial charge in [-0.3, -0.25) is 4.90 Å². The Hall–Kier alpha value is -1.13. The zero-order valence-corrected chi connectivity index (χ0v) is 12.7. The molecule has 112 valence electrons. The highest BCUT2D eigenvalue weighted by Crippen LogP contribution is 2.26. The van der Waals surface area contributed by atoms with Crippen molar-refractivity contribution in [1.29, 1.82) is 0 Å². The predicted octanol–water partition coefficient (Wildman–Crippen LogP) is 2.58. The second kappa shape index (κ2) is 6.10. The molecule has 4 heteroatoms. The monoisotopic (exact) mass is 280 g/mol. The summed E-state index contributed by atoms with van der Waals surface area (Å²) in [6.07, 6.45) is 3.16. The van der Waals surface area contributed by atoms with Gasteiger partial charge < -0.3 is 10.5 Å². The van der Waals surface area contributed by atoms with Crippen LogP contribution >= 0.6 is 0 Å². The molecule has 2 N–H and O–H groups in total. The smallest absolute Gasteiger partial charge is 0.165 e. The summed E-state index contributed by atoms with van der Waals surface area (Å²) in [5.41, 5.74) is 7.25. The van der Waals surface area contributed by atoms with Crippen LogP contribution in [0.4, 0.5) is 4.39 Å².